The zero-order chi connectivity index (χ0) is 43.0. The van der Waals surface area contributed by atoms with Crippen LogP contribution in [0.3, 0.4) is 0 Å². The Bertz CT molecular complexity index is 4130. The molecule has 66 heavy (non-hydrogen) atoms. The first-order chi connectivity index (χ1) is 32.8. The smallest absolute Gasteiger partial charge is 0.243 e. The van der Waals surface area contributed by atoms with Gasteiger partial charge in [0.1, 0.15) is 0 Å². The number of imidazole rings is 2. The van der Waals surface area contributed by atoms with E-state index in [-0.39, 0.29) is 0 Å². The summed E-state index contributed by atoms with van der Waals surface area (Å²) in [5, 5.41) is 4.51. The molecule has 0 unspecified atom stereocenters. The van der Waals surface area contributed by atoms with Crippen LogP contribution in [0.4, 0.5) is 0 Å². The van der Waals surface area contributed by atoms with Crippen molar-refractivity contribution in [1.82, 2.24) is 38.0 Å². The standard InChI is InChI=1S/C58H34N8/c1-2-18-36-35(17-1)37-19-3-4-21-39(37)45-33-34-52-54(53(45)44-26-6-5-20-38(36)44)59-58-65(52)50-31-15-16-32-51(50)66(58)57-61-55(63-46-27-11-7-22-40(46)41-23-8-12-28-47(41)63)60-56(62-57)64-48-29-13-9-24-42(48)43-25-10-14-30-49(43)64/h1-34H. The number of hydrogen-bond donors (Lipinski definition) is 0. The van der Waals surface area contributed by atoms with E-state index in [9.17, 15) is 0 Å². The molecule has 306 valence electrons. The predicted octanol–water partition coefficient (Wildman–Crippen LogP) is 13.8. The number of nitrogens with zero attached hydrogens (tertiary/aromatic N) is 8. The number of hydrogen-bond acceptors (Lipinski definition) is 4. The van der Waals surface area contributed by atoms with Gasteiger partial charge in [-0.25, -0.2) is 9.55 Å². The summed E-state index contributed by atoms with van der Waals surface area (Å²) >= 11 is 0. The molecule has 1 aliphatic rings. The molecule has 0 saturated carbocycles. The van der Waals surface area contributed by atoms with Crippen LogP contribution in [-0.2, 0) is 0 Å². The van der Waals surface area contributed by atoms with Crippen LogP contribution in [0, 0.1) is 0 Å². The largest absolute Gasteiger partial charge is 0.278 e. The lowest BCUT2D eigenvalue weighted by Gasteiger charge is -2.23. The van der Waals surface area contributed by atoms with Crippen molar-refractivity contribution in [3.05, 3.63) is 206 Å². The molecule has 9 aromatic carbocycles. The van der Waals surface area contributed by atoms with Gasteiger partial charge >= 0.3 is 0 Å². The van der Waals surface area contributed by atoms with Gasteiger partial charge in [0.2, 0.25) is 23.6 Å². The quantitative estimate of drug-likeness (QED) is 0.178. The monoisotopic (exact) mass is 842 g/mol. The average molecular weight is 843 g/mol. The fourth-order valence-corrected chi connectivity index (χ4v) is 10.9. The molecule has 15 rings (SSSR count). The summed E-state index contributed by atoms with van der Waals surface area (Å²) in [5.41, 5.74) is 17.2. The van der Waals surface area contributed by atoms with Crippen molar-refractivity contribution < 1.29 is 0 Å². The summed E-state index contributed by atoms with van der Waals surface area (Å²) in [7, 11) is 0. The Morgan fingerprint density at radius 1 is 0.242 bits per heavy atom. The molecule has 0 spiro atoms. The van der Waals surface area contributed by atoms with Crippen LogP contribution < -0.4 is 0 Å². The molecule has 14 aromatic rings. The van der Waals surface area contributed by atoms with E-state index in [0.717, 1.165) is 82.4 Å². The zero-order valence-electron chi connectivity index (χ0n) is 35.2. The molecule has 5 heterocycles. The van der Waals surface area contributed by atoms with Gasteiger partial charge in [-0.3, -0.25) is 13.5 Å². The van der Waals surface area contributed by atoms with Crippen molar-refractivity contribution in [3.63, 3.8) is 0 Å². The molecular formula is C58H34N8. The van der Waals surface area contributed by atoms with Gasteiger partial charge < -0.3 is 0 Å². The fourth-order valence-electron chi connectivity index (χ4n) is 10.9. The number of aromatic nitrogens is 8. The molecule has 0 bridgehead atoms. The highest BCUT2D eigenvalue weighted by Gasteiger charge is 2.28. The molecule has 0 fully saturated rings. The molecule has 8 nitrogen and oxygen atoms in total. The lowest BCUT2D eigenvalue weighted by molar-refractivity contribution is 0.842. The second kappa shape index (κ2) is 13.2. The molecule has 1 aliphatic carbocycles. The van der Waals surface area contributed by atoms with Gasteiger partial charge in [-0.15, -0.1) is 0 Å². The van der Waals surface area contributed by atoms with Crippen LogP contribution in [0.1, 0.15) is 0 Å². The van der Waals surface area contributed by atoms with Crippen molar-refractivity contribution in [2.45, 2.75) is 0 Å². The van der Waals surface area contributed by atoms with Crippen LogP contribution in [0.25, 0.3) is 134 Å². The average Bonchev–Trinajstić information content (AvgIpc) is 4.11. The lowest BCUT2D eigenvalue weighted by atomic mass is 9.80. The normalized spacial score (nSPS) is 12.2. The van der Waals surface area contributed by atoms with E-state index in [1.54, 1.807) is 0 Å². The van der Waals surface area contributed by atoms with Crippen molar-refractivity contribution in [2.75, 3.05) is 0 Å². The van der Waals surface area contributed by atoms with Crippen molar-refractivity contribution in [2.24, 2.45) is 0 Å². The van der Waals surface area contributed by atoms with E-state index in [2.05, 4.69) is 224 Å². The van der Waals surface area contributed by atoms with Crippen LogP contribution >= 0.6 is 0 Å². The topological polar surface area (TPSA) is 70.8 Å². The maximum Gasteiger partial charge on any atom is 0.243 e. The summed E-state index contributed by atoms with van der Waals surface area (Å²) in [6, 6.07) is 73.2. The zero-order valence-corrected chi connectivity index (χ0v) is 35.2. The minimum absolute atomic E-state index is 0.461. The summed E-state index contributed by atoms with van der Waals surface area (Å²) in [4.78, 5) is 22.2. The van der Waals surface area contributed by atoms with Crippen LogP contribution in [0.2, 0.25) is 0 Å². The SMILES string of the molecule is c1ccc2c(c1)-c1ccccc1-c1ccc3c(nc4n(-c5nc(-n6c7ccccc7c7ccccc76)nc(-n6c7ccccc7c7ccccc76)n5)c5ccccc5n34)c1-c1ccccc1-2. The van der Waals surface area contributed by atoms with Gasteiger partial charge in [-0.1, -0.05) is 164 Å². The van der Waals surface area contributed by atoms with E-state index in [0.29, 0.717) is 23.6 Å². The highest BCUT2D eigenvalue weighted by Crippen LogP contribution is 2.50. The lowest BCUT2D eigenvalue weighted by Crippen LogP contribution is -2.13. The second-order valence-corrected chi connectivity index (χ2v) is 17.0. The van der Waals surface area contributed by atoms with Gasteiger partial charge in [0.25, 0.3) is 0 Å². The van der Waals surface area contributed by atoms with Crippen LogP contribution in [-0.4, -0.2) is 38.0 Å². The van der Waals surface area contributed by atoms with Gasteiger partial charge in [-0.2, -0.15) is 15.0 Å². The third-order valence-electron chi connectivity index (χ3n) is 13.7. The minimum Gasteiger partial charge on any atom is -0.278 e. The van der Waals surface area contributed by atoms with Crippen molar-refractivity contribution in [1.29, 1.82) is 0 Å². The highest BCUT2D eigenvalue weighted by atomic mass is 15.3. The fraction of sp³-hybridized carbons (Fsp3) is 0. The molecule has 0 saturated heterocycles. The molecule has 0 amide bonds. The predicted molar refractivity (Wildman–Crippen MR) is 267 cm³/mol. The van der Waals surface area contributed by atoms with E-state index >= 15 is 0 Å². The summed E-state index contributed by atoms with van der Waals surface area (Å²) in [5.74, 6) is 2.19. The Hall–Kier alpha value is -9.14. The van der Waals surface area contributed by atoms with Crippen molar-refractivity contribution >= 4 is 71.5 Å². The number of para-hydroxylation sites is 6. The van der Waals surface area contributed by atoms with E-state index < -0.39 is 0 Å². The first kappa shape index (κ1) is 35.3. The third-order valence-corrected chi connectivity index (χ3v) is 13.7. The number of benzene rings is 9. The van der Waals surface area contributed by atoms with Gasteiger partial charge in [0.15, 0.2) is 0 Å². The molecule has 0 radical (unpaired) electrons. The maximum atomic E-state index is 5.74. The highest BCUT2D eigenvalue weighted by molar-refractivity contribution is 6.13. The Kier molecular flexibility index (Phi) is 7.07. The molecular weight excluding hydrogens is 809 g/mol. The van der Waals surface area contributed by atoms with Gasteiger partial charge in [0, 0.05) is 27.1 Å². The summed E-state index contributed by atoms with van der Waals surface area (Å²) in [6.45, 7) is 0. The van der Waals surface area contributed by atoms with Gasteiger partial charge in [0.05, 0.1) is 44.1 Å². The first-order valence-electron chi connectivity index (χ1n) is 22.3. The van der Waals surface area contributed by atoms with Crippen LogP contribution in [0.5, 0.6) is 0 Å². The molecule has 0 atom stereocenters. The second-order valence-electron chi connectivity index (χ2n) is 17.0. The first-order valence-corrected chi connectivity index (χ1v) is 22.3. The van der Waals surface area contributed by atoms with Crippen molar-refractivity contribution in [3.8, 4) is 62.4 Å². The van der Waals surface area contributed by atoms with E-state index in [4.69, 9.17) is 19.9 Å². The molecule has 0 aliphatic heterocycles. The maximum absolute atomic E-state index is 5.74. The summed E-state index contributed by atoms with van der Waals surface area (Å²) < 4.78 is 8.74. The Morgan fingerprint density at radius 2 is 0.591 bits per heavy atom. The summed E-state index contributed by atoms with van der Waals surface area (Å²) in [6.07, 6.45) is 0. The Morgan fingerprint density at radius 3 is 1.06 bits per heavy atom. The molecule has 8 heteroatoms. The molecule has 5 aromatic heterocycles. The Balaban J connectivity index is 1.08. The van der Waals surface area contributed by atoms with E-state index in [1.165, 1.54) is 27.8 Å². The van der Waals surface area contributed by atoms with E-state index in [1.807, 2.05) is 0 Å². The minimum atomic E-state index is 0.461. The Labute approximate surface area is 376 Å². The molecule has 0 N–H and O–H groups in total. The number of rotatable bonds is 3. The van der Waals surface area contributed by atoms with Crippen LogP contribution in [0.15, 0.2) is 206 Å². The third kappa shape index (κ3) is 4.71. The number of fused-ring (bicyclic) bond motifs is 20. The van der Waals surface area contributed by atoms with Gasteiger partial charge in [-0.05, 0) is 81.4 Å².